The largest absolute Gasteiger partial charge is 0.389 e. The van der Waals surface area contributed by atoms with Gasteiger partial charge in [0.25, 0.3) is 0 Å². The Morgan fingerprint density at radius 2 is 2.40 bits per heavy atom. The minimum Gasteiger partial charge on any atom is -0.389 e. The number of hydrogen-bond acceptors (Lipinski definition) is 4. The lowest BCUT2D eigenvalue weighted by Crippen LogP contribution is -2.38. The predicted molar refractivity (Wildman–Crippen MR) is 41.4 cm³/mol. The Bertz CT molecular complexity index is 161. The Kier molecular flexibility index (Phi) is 2.28. The molecule has 0 spiro atoms. The van der Waals surface area contributed by atoms with Gasteiger partial charge < -0.3 is 5.32 Å². The molecule has 2 N–H and O–H groups in total. The summed E-state index contributed by atoms with van der Waals surface area (Å²) >= 11 is 0. The fourth-order valence-electron chi connectivity index (χ4n) is 0.749. The van der Waals surface area contributed by atoms with Gasteiger partial charge in [-0.1, -0.05) is 0 Å². The van der Waals surface area contributed by atoms with Crippen molar-refractivity contribution in [3.8, 4) is 0 Å². The highest BCUT2D eigenvalue weighted by Crippen LogP contribution is 1.95. The highest BCUT2D eigenvalue weighted by atomic mass is 15.5. The van der Waals surface area contributed by atoms with Crippen molar-refractivity contribution in [2.24, 2.45) is 4.99 Å². The molecule has 10 heavy (non-hydrogen) atoms. The third-order valence-electron chi connectivity index (χ3n) is 1.39. The van der Waals surface area contributed by atoms with Gasteiger partial charge in [-0.25, -0.2) is 10.4 Å². The van der Waals surface area contributed by atoms with E-state index in [1.807, 2.05) is 25.3 Å². The maximum absolute atomic E-state index is 4.00. The van der Waals surface area contributed by atoms with Crippen molar-refractivity contribution in [3.05, 3.63) is 11.9 Å². The molecule has 4 heteroatoms. The van der Waals surface area contributed by atoms with Crippen LogP contribution in [0, 0.1) is 0 Å². The minimum absolute atomic E-state index is 0.844. The van der Waals surface area contributed by atoms with E-state index in [2.05, 4.69) is 15.7 Å². The molecule has 0 amide bonds. The van der Waals surface area contributed by atoms with E-state index in [9.17, 15) is 0 Å². The molecule has 4 nitrogen and oxygen atoms in total. The van der Waals surface area contributed by atoms with Crippen LogP contribution in [0.3, 0.4) is 0 Å². The smallest absolute Gasteiger partial charge is 0.105 e. The van der Waals surface area contributed by atoms with Gasteiger partial charge in [0, 0.05) is 20.3 Å². The lowest BCUT2D eigenvalue weighted by Gasteiger charge is -2.21. The average molecular weight is 140 g/mol. The molecular formula is C6H12N4. The van der Waals surface area contributed by atoms with E-state index in [0.29, 0.717) is 0 Å². The van der Waals surface area contributed by atoms with E-state index in [0.717, 1.165) is 12.2 Å². The normalized spacial score (nSPS) is 17.0. The summed E-state index contributed by atoms with van der Waals surface area (Å²) in [4.78, 5) is 4.00. The third kappa shape index (κ3) is 1.48. The summed E-state index contributed by atoms with van der Waals surface area (Å²) in [7, 11) is 3.76. The lowest BCUT2D eigenvalue weighted by atomic mass is 10.4. The minimum atomic E-state index is 0.844. The first kappa shape index (κ1) is 7.08. The standard InChI is InChI=1S/C6H12N4/c1-7-6-3-9-5-10(4-6)8-2/h3,5,7-8H,4H2,1-2H3. The van der Waals surface area contributed by atoms with Crippen molar-refractivity contribution in [1.82, 2.24) is 15.8 Å². The first-order valence-electron chi connectivity index (χ1n) is 3.21. The zero-order valence-corrected chi connectivity index (χ0v) is 6.26. The van der Waals surface area contributed by atoms with E-state index >= 15 is 0 Å². The molecule has 56 valence electrons. The molecular weight excluding hydrogens is 128 g/mol. The summed E-state index contributed by atoms with van der Waals surface area (Å²) in [6, 6.07) is 0. The number of nitrogens with one attached hydrogen (secondary N) is 2. The maximum Gasteiger partial charge on any atom is 0.105 e. The molecule has 0 saturated heterocycles. The molecule has 1 heterocycles. The Balaban J connectivity index is 2.50. The Morgan fingerprint density at radius 3 is 3.00 bits per heavy atom. The molecule has 0 aromatic rings. The SMILES string of the molecule is CNC1=CN=CN(NC)C1. The van der Waals surface area contributed by atoms with Crippen molar-refractivity contribution in [3.63, 3.8) is 0 Å². The molecule has 0 aromatic carbocycles. The van der Waals surface area contributed by atoms with Crippen molar-refractivity contribution >= 4 is 6.34 Å². The maximum atomic E-state index is 4.00. The molecule has 1 aliphatic rings. The van der Waals surface area contributed by atoms with Crippen LogP contribution in [-0.2, 0) is 0 Å². The summed E-state index contributed by atoms with van der Waals surface area (Å²) < 4.78 is 0. The molecule has 0 bridgehead atoms. The van der Waals surface area contributed by atoms with Crippen LogP contribution in [-0.4, -0.2) is 32.0 Å². The van der Waals surface area contributed by atoms with Gasteiger partial charge in [-0.15, -0.1) is 0 Å². The number of nitrogens with zero attached hydrogens (tertiary/aromatic N) is 2. The number of rotatable bonds is 2. The summed E-state index contributed by atoms with van der Waals surface area (Å²) in [5.41, 5.74) is 4.08. The van der Waals surface area contributed by atoms with Crippen molar-refractivity contribution < 1.29 is 0 Å². The van der Waals surface area contributed by atoms with E-state index in [-0.39, 0.29) is 0 Å². The fourth-order valence-corrected chi connectivity index (χ4v) is 0.749. The molecule has 0 radical (unpaired) electrons. The molecule has 0 aromatic heterocycles. The Hall–Kier alpha value is -1.03. The summed E-state index contributed by atoms with van der Waals surface area (Å²) in [5, 5.41) is 4.93. The molecule has 1 aliphatic heterocycles. The van der Waals surface area contributed by atoms with Crippen LogP contribution in [0.2, 0.25) is 0 Å². The van der Waals surface area contributed by atoms with Crippen LogP contribution < -0.4 is 10.7 Å². The first-order chi connectivity index (χ1) is 4.86. The van der Waals surface area contributed by atoms with Crippen molar-refractivity contribution in [2.45, 2.75) is 0 Å². The lowest BCUT2D eigenvalue weighted by molar-refractivity contribution is 0.366. The summed E-state index contributed by atoms with van der Waals surface area (Å²) in [5.74, 6) is 0. The Labute approximate surface area is 60.6 Å². The second kappa shape index (κ2) is 3.22. The number of likely N-dealkylation sites (N-methyl/N-ethyl adjacent to an activating group) is 1. The van der Waals surface area contributed by atoms with E-state index in [4.69, 9.17) is 0 Å². The third-order valence-corrected chi connectivity index (χ3v) is 1.39. The highest BCUT2D eigenvalue weighted by Gasteiger charge is 2.02. The second-order valence-electron chi connectivity index (χ2n) is 2.02. The molecule has 0 unspecified atom stereocenters. The van der Waals surface area contributed by atoms with Crippen LogP contribution >= 0.6 is 0 Å². The molecule has 0 fully saturated rings. The molecule has 0 saturated carbocycles. The quantitative estimate of drug-likeness (QED) is 0.544. The number of hydrogen-bond donors (Lipinski definition) is 2. The van der Waals surface area contributed by atoms with Gasteiger partial charge in [-0.2, -0.15) is 0 Å². The fraction of sp³-hybridized carbons (Fsp3) is 0.500. The van der Waals surface area contributed by atoms with Gasteiger partial charge in [-0.3, -0.25) is 5.01 Å². The zero-order valence-electron chi connectivity index (χ0n) is 6.26. The summed E-state index contributed by atoms with van der Waals surface area (Å²) in [6.07, 6.45) is 3.56. The molecule has 0 aliphatic carbocycles. The summed E-state index contributed by atoms with van der Waals surface area (Å²) in [6.45, 7) is 0.844. The van der Waals surface area contributed by atoms with Gasteiger partial charge in [0.15, 0.2) is 0 Å². The van der Waals surface area contributed by atoms with Crippen LogP contribution in [0.5, 0.6) is 0 Å². The van der Waals surface area contributed by atoms with E-state index in [1.54, 1.807) is 6.34 Å². The highest BCUT2D eigenvalue weighted by molar-refractivity contribution is 5.57. The van der Waals surface area contributed by atoms with Crippen molar-refractivity contribution in [2.75, 3.05) is 20.6 Å². The number of hydrazine groups is 1. The monoisotopic (exact) mass is 140 g/mol. The van der Waals surface area contributed by atoms with Crippen molar-refractivity contribution in [1.29, 1.82) is 0 Å². The Morgan fingerprint density at radius 1 is 1.60 bits per heavy atom. The molecule has 1 rings (SSSR count). The predicted octanol–water partition coefficient (Wildman–Crippen LogP) is -0.475. The second-order valence-corrected chi connectivity index (χ2v) is 2.02. The average Bonchev–Trinajstić information content (AvgIpc) is 2.05. The molecule has 0 atom stereocenters. The van der Waals surface area contributed by atoms with Crippen LogP contribution in [0.1, 0.15) is 0 Å². The first-order valence-corrected chi connectivity index (χ1v) is 3.21. The van der Waals surface area contributed by atoms with Gasteiger partial charge in [0.1, 0.15) is 6.34 Å². The van der Waals surface area contributed by atoms with Gasteiger partial charge in [-0.05, 0) is 0 Å². The van der Waals surface area contributed by atoms with Crippen LogP contribution in [0.15, 0.2) is 16.9 Å². The topological polar surface area (TPSA) is 39.7 Å². The zero-order chi connectivity index (χ0) is 7.40. The van der Waals surface area contributed by atoms with Gasteiger partial charge in [0.05, 0.1) is 12.2 Å². The van der Waals surface area contributed by atoms with E-state index in [1.165, 1.54) is 0 Å². The van der Waals surface area contributed by atoms with E-state index < -0.39 is 0 Å². The van der Waals surface area contributed by atoms with Crippen LogP contribution in [0.4, 0.5) is 0 Å². The van der Waals surface area contributed by atoms with Gasteiger partial charge in [0.2, 0.25) is 0 Å². The van der Waals surface area contributed by atoms with Gasteiger partial charge >= 0.3 is 0 Å². The number of aliphatic imine (C=N–C) groups is 1. The van der Waals surface area contributed by atoms with Crippen LogP contribution in [0.25, 0.3) is 0 Å².